The van der Waals surface area contributed by atoms with Crippen molar-refractivity contribution < 1.29 is 18.1 Å². The van der Waals surface area contributed by atoms with E-state index in [4.69, 9.17) is 9.66 Å². The minimum atomic E-state index is -4.28. The van der Waals surface area contributed by atoms with Gasteiger partial charge in [0.25, 0.3) is 10.1 Å². The average molecular weight is 181 g/mol. The summed E-state index contributed by atoms with van der Waals surface area (Å²) < 4.78 is 29.4. The number of hydrogen-bond donors (Lipinski definition) is 2. The molecule has 0 heterocycles. The summed E-state index contributed by atoms with van der Waals surface area (Å²) in [5.74, 6) is -0.449. The smallest absolute Gasteiger partial charge is 0.298 e. The van der Waals surface area contributed by atoms with Crippen LogP contribution in [0.5, 0.6) is 5.75 Å². The number of hydrogen-bond acceptors (Lipinski definition) is 3. The van der Waals surface area contributed by atoms with Crippen molar-refractivity contribution in [1.29, 1.82) is 0 Å². The zero-order valence-corrected chi connectivity index (χ0v) is 7.25. The van der Waals surface area contributed by atoms with Crippen LogP contribution in [0.4, 0.5) is 0 Å². The van der Waals surface area contributed by atoms with E-state index >= 15 is 0 Å². The van der Waals surface area contributed by atoms with Gasteiger partial charge in [0, 0.05) is 18.9 Å². The molecule has 0 fully saturated rings. The minimum Gasteiger partial charge on any atom is -0.506 e. The Morgan fingerprint density at radius 1 is 1.17 bits per heavy atom. The van der Waals surface area contributed by atoms with Crippen molar-refractivity contribution in [2.24, 2.45) is 0 Å². The van der Waals surface area contributed by atoms with Crippen LogP contribution in [0.15, 0.2) is 29.2 Å². The van der Waals surface area contributed by atoms with Crippen LogP contribution in [0.1, 0.15) is 0 Å². The van der Waals surface area contributed by atoms with Gasteiger partial charge in [0.05, 0.1) is 0 Å². The Hall–Kier alpha value is -0.473. The normalized spacial score (nSPS) is 10.4. The predicted molar refractivity (Wildman–Crippen MR) is 43.7 cm³/mol. The van der Waals surface area contributed by atoms with Crippen molar-refractivity contribution in [2.45, 2.75) is 4.90 Å². The maximum atomic E-state index is 10.4. The molecule has 1 aromatic rings. The average Bonchev–Trinajstić information content (AvgIpc) is 1.86. The molecule has 0 aliphatic rings. The molecular weight excluding hydrogens is 175 g/mol. The molecule has 1 radical (unpaired) electrons. The first kappa shape index (κ1) is 11.5. The van der Waals surface area contributed by atoms with Crippen LogP contribution in [0, 0.1) is 0 Å². The molecule has 0 atom stereocenters. The fourth-order valence-corrected chi connectivity index (χ4v) is 1.26. The van der Waals surface area contributed by atoms with Crippen LogP contribution in [0.3, 0.4) is 0 Å². The quantitative estimate of drug-likeness (QED) is 0.481. The van der Waals surface area contributed by atoms with Gasteiger partial charge in [-0.1, -0.05) is 12.1 Å². The van der Waals surface area contributed by atoms with Crippen molar-refractivity contribution in [3.05, 3.63) is 24.3 Å². The molecule has 0 bridgehead atoms. The summed E-state index contributed by atoms with van der Waals surface area (Å²) in [5, 5.41) is 8.91. The summed E-state index contributed by atoms with van der Waals surface area (Å²) in [6.45, 7) is 0. The zero-order valence-electron chi connectivity index (χ0n) is 6.43. The number of para-hydroxylation sites is 1. The van der Waals surface area contributed by atoms with Crippen molar-refractivity contribution in [1.82, 2.24) is 0 Å². The second kappa shape index (κ2) is 3.96. The number of aromatic hydroxyl groups is 1. The van der Waals surface area contributed by atoms with Crippen molar-refractivity contribution in [3.63, 3.8) is 0 Å². The van der Waals surface area contributed by atoms with Crippen LogP contribution < -0.4 is 0 Å². The van der Waals surface area contributed by atoms with Gasteiger partial charge < -0.3 is 5.11 Å². The van der Waals surface area contributed by atoms with Gasteiger partial charge in [-0.05, 0) is 12.1 Å². The van der Waals surface area contributed by atoms with E-state index in [1.165, 1.54) is 18.2 Å². The van der Waals surface area contributed by atoms with E-state index in [1.807, 2.05) is 0 Å². The molecule has 0 aliphatic carbocycles. The Morgan fingerprint density at radius 3 is 2.00 bits per heavy atom. The summed E-state index contributed by atoms with van der Waals surface area (Å²) in [7, 11) is -4.28. The molecule has 1 aromatic carbocycles. The Labute approximate surface area is 82.2 Å². The van der Waals surface area contributed by atoms with Crippen molar-refractivity contribution in [3.8, 4) is 5.75 Å². The van der Waals surface area contributed by atoms with Crippen LogP contribution >= 0.6 is 0 Å². The molecule has 0 saturated carbocycles. The van der Waals surface area contributed by atoms with Crippen molar-refractivity contribution in [2.75, 3.05) is 0 Å². The molecule has 0 amide bonds. The molecule has 0 saturated heterocycles. The molecule has 4 nitrogen and oxygen atoms in total. The minimum absolute atomic E-state index is 0. The van der Waals surface area contributed by atoms with Gasteiger partial charge in [-0.15, -0.1) is 0 Å². The van der Waals surface area contributed by atoms with Gasteiger partial charge in [0.1, 0.15) is 10.6 Å². The second-order valence-electron chi connectivity index (χ2n) is 1.94. The Kier molecular flexibility index (Phi) is 3.81. The number of rotatable bonds is 1. The second-order valence-corrected chi connectivity index (χ2v) is 3.33. The predicted octanol–water partition coefficient (Wildman–Crippen LogP) is 0.258. The van der Waals surface area contributed by atoms with Gasteiger partial charge in [-0.25, -0.2) is 0 Å². The Morgan fingerprint density at radius 2 is 1.67 bits per heavy atom. The van der Waals surface area contributed by atoms with Gasteiger partial charge in [0.15, 0.2) is 0 Å². The first-order chi connectivity index (χ1) is 5.02. The molecule has 0 unspecified atom stereocenters. The summed E-state index contributed by atoms with van der Waals surface area (Å²) in [5.41, 5.74) is 0. The molecule has 0 aliphatic heterocycles. The van der Waals surface area contributed by atoms with Crippen LogP contribution in [-0.4, -0.2) is 36.9 Å². The van der Waals surface area contributed by atoms with Gasteiger partial charge in [-0.3, -0.25) is 4.55 Å². The number of phenolic OH excluding ortho intramolecular Hbond substituents is 1. The number of phenols is 1. The maximum Gasteiger partial charge on any atom is 0.298 e. The molecule has 12 heavy (non-hydrogen) atoms. The third kappa shape index (κ3) is 2.54. The zero-order chi connectivity index (χ0) is 8.48. The summed E-state index contributed by atoms with van der Waals surface area (Å²) >= 11 is 0. The van der Waals surface area contributed by atoms with E-state index in [0.29, 0.717) is 0 Å². The number of benzene rings is 1. The SMILES string of the molecule is O=S(=O)(O)c1ccccc1O.[Li]. The van der Waals surface area contributed by atoms with E-state index in [2.05, 4.69) is 0 Å². The summed E-state index contributed by atoms with van der Waals surface area (Å²) in [6, 6.07) is 5.17. The first-order valence-electron chi connectivity index (χ1n) is 2.77. The first-order valence-corrected chi connectivity index (χ1v) is 4.21. The molecule has 6 heteroatoms. The molecule has 2 N–H and O–H groups in total. The molecule has 61 valence electrons. The molecule has 0 spiro atoms. The van der Waals surface area contributed by atoms with Gasteiger partial charge >= 0.3 is 0 Å². The van der Waals surface area contributed by atoms with E-state index in [0.717, 1.165) is 6.07 Å². The van der Waals surface area contributed by atoms with Gasteiger partial charge in [0.2, 0.25) is 0 Å². The largest absolute Gasteiger partial charge is 0.506 e. The van der Waals surface area contributed by atoms with E-state index in [9.17, 15) is 8.42 Å². The monoisotopic (exact) mass is 181 g/mol. The van der Waals surface area contributed by atoms with Crippen LogP contribution in [0.2, 0.25) is 0 Å². The van der Waals surface area contributed by atoms with Crippen LogP contribution in [-0.2, 0) is 10.1 Å². The van der Waals surface area contributed by atoms with E-state index in [-0.39, 0.29) is 18.9 Å². The topological polar surface area (TPSA) is 74.6 Å². The van der Waals surface area contributed by atoms with Crippen LogP contribution in [0.25, 0.3) is 0 Å². The summed E-state index contributed by atoms with van der Waals surface area (Å²) in [4.78, 5) is -0.472. The fraction of sp³-hybridized carbons (Fsp3) is 0. The maximum absolute atomic E-state index is 10.4. The summed E-state index contributed by atoms with van der Waals surface area (Å²) in [6.07, 6.45) is 0. The molecule has 0 aromatic heterocycles. The molecular formula is C6H6LiO4S. The standard InChI is InChI=1S/C6H6O4S.Li/c7-5-3-1-2-4-6(5)11(8,9)10;/h1-4,7H,(H,8,9,10);. The molecule has 1 rings (SSSR count). The third-order valence-corrected chi connectivity index (χ3v) is 2.04. The Bertz CT molecular complexity index is 360. The van der Waals surface area contributed by atoms with E-state index < -0.39 is 20.8 Å². The van der Waals surface area contributed by atoms with Crippen molar-refractivity contribution >= 4 is 29.0 Å². The fourth-order valence-electron chi connectivity index (χ4n) is 0.675. The van der Waals surface area contributed by atoms with Gasteiger partial charge in [-0.2, -0.15) is 8.42 Å². The van der Waals surface area contributed by atoms with E-state index in [1.54, 1.807) is 0 Å². The Balaban J connectivity index is 0.00000121. The third-order valence-electron chi connectivity index (χ3n) is 1.14.